The molecule has 0 amide bonds. The van der Waals surface area contributed by atoms with Crippen LogP contribution in [0, 0.1) is 12.8 Å². The van der Waals surface area contributed by atoms with Gasteiger partial charge in [0.25, 0.3) is 0 Å². The first-order valence-electron chi connectivity index (χ1n) is 5.95. The van der Waals surface area contributed by atoms with Gasteiger partial charge in [0.2, 0.25) is 0 Å². The molecule has 0 aliphatic carbocycles. The highest BCUT2D eigenvalue weighted by molar-refractivity contribution is 5.77. The lowest BCUT2D eigenvalue weighted by Crippen LogP contribution is -2.16. The van der Waals surface area contributed by atoms with Crippen LogP contribution in [-0.4, -0.2) is 23.2 Å². The van der Waals surface area contributed by atoms with E-state index in [1.807, 2.05) is 25.1 Å². The Morgan fingerprint density at radius 3 is 3.00 bits per heavy atom. The molecular weight excluding hydrogens is 216 g/mol. The van der Waals surface area contributed by atoms with Crippen molar-refractivity contribution in [3.63, 3.8) is 0 Å². The lowest BCUT2D eigenvalue weighted by atomic mass is 10.1. The van der Waals surface area contributed by atoms with Crippen molar-refractivity contribution in [2.75, 3.05) is 18.5 Å². The number of anilines is 1. The molecule has 92 valence electrons. The molecule has 4 nitrogen and oxygen atoms in total. The summed E-state index contributed by atoms with van der Waals surface area (Å²) in [5.41, 5.74) is 2.67. The van der Waals surface area contributed by atoms with E-state index in [1.54, 1.807) is 0 Å². The molecular formula is C13H18N2O2. The molecule has 0 saturated carbocycles. The first kappa shape index (κ1) is 11.9. The zero-order valence-electron chi connectivity index (χ0n) is 10.2. The molecule has 1 atom stereocenters. The number of aromatic nitrogens is 1. The Kier molecular flexibility index (Phi) is 3.64. The summed E-state index contributed by atoms with van der Waals surface area (Å²) in [6.07, 6.45) is 0.965. The average molecular weight is 234 g/mol. The number of benzene rings is 1. The summed E-state index contributed by atoms with van der Waals surface area (Å²) in [6, 6.07) is 5.86. The first-order valence-corrected chi connectivity index (χ1v) is 5.95. The largest absolute Gasteiger partial charge is 0.441 e. The van der Waals surface area contributed by atoms with Crippen LogP contribution in [0.2, 0.25) is 0 Å². The molecule has 0 fully saturated rings. The fourth-order valence-corrected chi connectivity index (χ4v) is 1.75. The van der Waals surface area contributed by atoms with Crippen LogP contribution in [-0.2, 0) is 0 Å². The molecule has 2 aromatic rings. The van der Waals surface area contributed by atoms with Gasteiger partial charge < -0.3 is 14.8 Å². The number of hydrogen-bond donors (Lipinski definition) is 2. The summed E-state index contributed by atoms with van der Waals surface area (Å²) in [5.74, 6) is 0.973. The third-order valence-electron chi connectivity index (χ3n) is 2.93. The number of oxazole rings is 1. The van der Waals surface area contributed by atoms with Gasteiger partial charge in [-0.2, -0.15) is 0 Å². The monoisotopic (exact) mass is 234 g/mol. The van der Waals surface area contributed by atoms with Gasteiger partial charge in [-0.1, -0.05) is 6.92 Å². The van der Waals surface area contributed by atoms with Gasteiger partial charge in [-0.05, 0) is 24.5 Å². The Morgan fingerprint density at radius 1 is 1.47 bits per heavy atom. The number of fused-ring (bicyclic) bond motifs is 1. The van der Waals surface area contributed by atoms with E-state index in [0.717, 1.165) is 29.8 Å². The molecule has 17 heavy (non-hydrogen) atoms. The number of aryl methyl sites for hydroxylation is 1. The molecule has 2 rings (SSSR count). The van der Waals surface area contributed by atoms with Crippen LogP contribution in [0.15, 0.2) is 22.6 Å². The van der Waals surface area contributed by atoms with Crippen LogP contribution < -0.4 is 5.32 Å². The summed E-state index contributed by atoms with van der Waals surface area (Å²) in [5, 5.41) is 12.4. The van der Waals surface area contributed by atoms with Gasteiger partial charge >= 0.3 is 0 Å². The van der Waals surface area contributed by atoms with E-state index in [2.05, 4.69) is 17.2 Å². The quantitative estimate of drug-likeness (QED) is 0.834. The predicted octanol–water partition coefficient (Wildman–Crippen LogP) is 2.57. The van der Waals surface area contributed by atoms with Crippen molar-refractivity contribution in [3.05, 3.63) is 24.1 Å². The molecule has 1 aromatic heterocycles. The van der Waals surface area contributed by atoms with Crippen molar-refractivity contribution in [3.8, 4) is 0 Å². The Morgan fingerprint density at radius 2 is 2.29 bits per heavy atom. The van der Waals surface area contributed by atoms with Gasteiger partial charge in [0, 0.05) is 31.8 Å². The molecule has 1 unspecified atom stereocenters. The van der Waals surface area contributed by atoms with Gasteiger partial charge in [0.1, 0.15) is 5.52 Å². The molecule has 4 heteroatoms. The lowest BCUT2D eigenvalue weighted by molar-refractivity contribution is 0.230. The fraction of sp³-hybridized carbons (Fsp3) is 0.462. The normalized spacial score (nSPS) is 12.9. The topological polar surface area (TPSA) is 58.3 Å². The van der Waals surface area contributed by atoms with Gasteiger partial charge in [-0.3, -0.25) is 0 Å². The Bertz CT molecular complexity index is 489. The van der Waals surface area contributed by atoms with Crippen LogP contribution >= 0.6 is 0 Å². The fourth-order valence-electron chi connectivity index (χ4n) is 1.75. The van der Waals surface area contributed by atoms with Gasteiger partial charge in [-0.15, -0.1) is 0 Å². The Balaban J connectivity index is 2.08. The van der Waals surface area contributed by atoms with Crippen molar-refractivity contribution in [1.29, 1.82) is 0 Å². The third kappa shape index (κ3) is 2.77. The molecule has 0 bridgehead atoms. The second-order valence-corrected chi connectivity index (χ2v) is 4.25. The molecule has 1 heterocycles. The van der Waals surface area contributed by atoms with Crippen molar-refractivity contribution in [2.24, 2.45) is 5.92 Å². The van der Waals surface area contributed by atoms with Crippen LogP contribution in [0.25, 0.3) is 11.1 Å². The summed E-state index contributed by atoms with van der Waals surface area (Å²) in [7, 11) is 0. The van der Waals surface area contributed by atoms with E-state index in [9.17, 15) is 0 Å². The van der Waals surface area contributed by atoms with Gasteiger partial charge in [0.15, 0.2) is 11.5 Å². The predicted molar refractivity (Wildman–Crippen MR) is 68.1 cm³/mol. The molecule has 2 N–H and O–H groups in total. The minimum absolute atomic E-state index is 0.215. The molecule has 0 spiro atoms. The SMILES string of the molecule is CCC(CO)CNc1ccc2nc(C)oc2c1. The second-order valence-electron chi connectivity index (χ2n) is 4.25. The highest BCUT2D eigenvalue weighted by atomic mass is 16.3. The highest BCUT2D eigenvalue weighted by Gasteiger charge is 2.06. The van der Waals surface area contributed by atoms with E-state index in [-0.39, 0.29) is 6.61 Å². The Hall–Kier alpha value is -1.55. The number of aliphatic hydroxyl groups is 1. The first-order chi connectivity index (χ1) is 8.22. The zero-order valence-corrected chi connectivity index (χ0v) is 10.2. The second kappa shape index (κ2) is 5.19. The molecule has 1 aromatic carbocycles. The summed E-state index contributed by atoms with van der Waals surface area (Å²) >= 11 is 0. The smallest absolute Gasteiger partial charge is 0.192 e. The lowest BCUT2D eigenvalue weighted by Gasteiger charge is -2.13. The summed E-state index contributed by atoms with van der Waals surface area (Å²) in [4.78, 5) is 4.25. The number of nitrogens with one attached hydrogen (secondary N) is 1. The van der Waals surface area contributed by atoms with E-state index in [0.29, 0.717) is 11.8 Å². The van der Waals surface area contributed by atoms with Crippen molar-refractivity contribution in [1.82, 2.24) is 4.98 Å². The number of rotatable bonds is 5. The average Bonchev–Trinajstić information content (AvgIpc) is 2.69. The molecule has 0 aliphatic rings. The van der Waals surface area contributed by atoms with Crippen molar-refractivity contribution < 1.29 is 9.52 Å². The number of nitrogens with zero attached hydrogens (tertiary/aromatic N) is 1. The minimum atomic E-state index is 0.215. The third-order valence-corrected chi connectivity index (χ3v) is 2.93. The minimum Gasteiger partial charge on any atom is -0.441 e. The zero-order chi connectivity index (χ0) is 12.3. The summed E-state index contributed by atoms with van der Waals surface area (Å²) in [6.45, 7) is 4.90. The maximum absolute atomic E-state index is 9.11. The van der Waals surface area contributed by atoms with Crippen LogP contribution in [0.4, 0.5) is 5.69 Å². The van der Waals surface area contributed by atoms with Crippen molar-refractivity contribution in [2.45, 2.75) is 20.3 Å². The van der Waals surface area contributed by atoms with E-state index < -0.39 is 0 Å². The maximum Gasteiger partial charge on any atom is 0.192 e. The highest BCUT2D eigenvalue weighted by Crippen LogP contribution is 2.20. The maximum atomic E-state index is 9.11. The molecule has 0 aliphatic heterocycles. The van der Waals surface area contributed by atoms with Gasteiger partial charge in [0.05, 0.1) is 0 Å². The summed E-state index contributed by atoms with van der Waals surface area (Å²) < 4.78 is 5.47. The van der Waals surface area contributed by atoms with Crippen LogP contribution in [0.1, 0.15) is 19.2 Å². The van der Waals surface area contributed by atoms with E-state index in [1.165, 1.54) is 0 Å². The standard InChI is InChI=1S/C13H18N2O2/c1-3-10(8-16)7-14-11-4-5-12-13(6-11)17-9(2)15-12/h4-6,10,14,16H,3,7-8H2,1-2H3. The number of aliphatic hydroxyl groups excluding tert-OH is 1. The van der Waals surface area contributed by atoms with E-state index >= 15 is 0 Å². The molecule has 0 radical (unpaired) electrons. The Labute approximate surface area is 101 Å². The van der Waals surface area contributed by atoms with E-state index in [4.69, 9.17) is 9.52 Å². The molecule has 0 saturated heterocycles. The van der Waals surface area contributed by atoms with Crippen molar-refractivity contribution >= 4 is 16.8 Å². The van der Waals surface area contributed by atoms with Crippen LogP contribution in [0.3, 0.4) is 0 Å². The van der Waals surface area contributed by atoms with Crippen LogP contribution in [0.5, 0.6) is 0 Å². The number of hydrogen-bond acceptors (Lipinski definition) is 4. The van der Waals surface area contributed by atoms with Gasteiger partial charge in [-0.25, -0.2) is 4.98 Å².